The van der Waals surface area contributed by atoms with Gasteiger partial charge in [0.1, 0.15) is 5.75 Å². The number of halogens is 1. The summed E-state index contributed by atoms with van der Waals surface area (Å²) in [6.07, 6.45) is 14.0. The summed E-state index contributed by atoms with van der Waals surface area (Å²) in [6.45, 7) is 5.79. The number of benzene rings is 3. The minimum Gasteiger partial charge on any atom is -0.424 e. The zero-order chi connectivity index (χ0) is 27.9. The number of hydrogen-bond acceptors (Lipinski definition) is 2. The highest BCUT2D eigenvalue weighted by Gasteiger charge is 2.34. The number of rotatable bonds is 17. The Bertz CT molecular complexity index is 1120. The van der Waals surface area contributed by atoms with E-state index in [2.05, 4.69) is 56.3 Å². The minimum absolute atomic E-state index is 0.198. The highest BCUT2D eigenvalue weighted by atomic mass is 19.1. The lowest BCUT2D eigenvalue weighted by Crippen LogP contribution is -2.34. The van der Waals surface area contributed by atoms with Gasteiger partial charge in [-0.25, -0.2) is 9.18 Å². The van der Waals surface area contributed by atoms with Crippen LogP contribution < -0.4 is 4.74 Å². The molecular weight excluding hydrogens is 483 g/mol. The monoisotopic (exact) mass is 530 g/mol. The maximum Gasteiger partial charge on any atom is 0.348 e. The van der Waals surface area contributed by atoms with Gasteiger partial charge in [-0.1, -0.05) is 132 Å². The summed E-state index contributed by atoms with van der Waals surface area (Å²) in [6, 6.07) is 24.6. The first-order valence-electron chi connectivity index (χ1n) is 15.1. The van der Waals surface area contributed by atoms with E-state index in [0.29, 0.717) is 12.2 Å². The first-order chi connectivity index (χ1) is 18.9. The number of hydrogen-bond donors (Lipinski definition) is 0. The smallest absolute Gasteiger partial charge is 0.348 e. The molecule has 0 N–H and O–H groups in total. The third kappa shape index (κ3) is 9.95. The quantitative estimate of drug-likeness (QED) is 0.0985. The summed E-state index contributed by atoms with van der Waals surface area (Å²) in [4.78, 5) is 12.6. The summed E-state index contributed by atoms with van der Waals surface area (Å²) in [5, 5.41) is 0. The Morgan fingerprint density at radius 2 is 1.15 bits per heavy atom. The molecule has 3 aromatic carbocycles. The molecular formula is C36H47FO2. The van der Waals surface area contributed by atoms with Gasteiger partial charge in [0.15, 0.2) is 0 Å². The van der Waals surface area contributed by atoms with Crippen molar-refractivity contribution in [2.45, 2.75) is 110 Å². The molecule has 0 radical (unpaired) electrons. The van der Waals surface area contributed by atoms with Crippen LogP contribution in [-0.4, -0.2) is 11.6 Å². The van der Waals surface area contributed by atoms with Crippen molar-refractivity contribution >= 4 is 5.97 Å². The molecule has 0 aliphatic heterocycles. The SMILES string of the molecule is CCCCCCCCCCC(C)(F)C(=O)Oc1ccc(-c2ccccc2-c2ccc(CCCCC)cc2)cc1. The van der Waals surface area contributed by atoms with Gasteiger partial charge in [-0.3, -0.25) is 0 Å². The van der Waals surface area contributed by atoms with Crippen molar-refractivity contribution in [3.05, 3.63) is 78.4 Å². The molecule has 0 aromatic heterocycles. The zero-order valence-electron chi connectivity index (χ0n) is 24.3. The number of ether oxygens (including phenoxy) is 1. The molecule has 0 saturated heterocycles. The lowest BCUT2D eigenvalue weighted by Gasteiger charge is -2.18. The van der Waals surface area contributed by atoms with E-state index in [1.54, 1.807) is 12.1 Å². The van der Waals surface area contributed by atoms with E-state index >= 15 is 4.39 Å². The lowest BCUT2D eigenvalue weighted by atomic mass is 9.93. The summed E-state index contributed by atoms with van der Waals surface area (Å²) in [5.41, 5.74) is 3.87. The fourth-order valence-electron chi connectivity index (χ4n) is 5.03. The standard InChI is InChI=1S/C36H47FO2/c1-4-6-8-9-10-11-12-16-28-36(3,37)35(38)39-32-26-24-31(25-27-32)34-19-15-14-18-33(34)30-22-20-29(21-23-30)17-13-7-5-2/h14-15,18-27H,4-13,16-17,28H2,1-3H3. The molecule has 3 aromatic rings. The van der Waals surface area contributed by atoms with Crippen LogP contribution in [0.3, 0.4) is 0 Å². The number of carbonyl (C=O) groups excluding carboxylic acids is 1. The van der Waals surface area contributed by atoms with Crippen molar-refractivity contribution < 1.29 is 13.9 Å². The number of carbonyl (C=O) groups is 1. The third-order valence-electron chi connectivity index (χ3n) is 7.56. The first kappa shape index (κ1) is 30.6. The van der Waals surface area contributed by atoms with Gasteiger partial charge < -0.3 is 4.74 Å². The molecule has 3 rings (SSSR count). The van der Waals surface area contributed by atoms with Crippen molar-refractivity contribution in [2.24, 2.45) is 0 Å². The summed E-state index contributed by atoms with van der Waals surface area (Å²) in [5.74, 6) is -0.435. The van der Waals surface area contributed by atoms with E-state index in [4.69, 9.17) is 4.74 Å². The second-order valence-corrected chi connectivity index (χ2v) is 11.0. The van der Waals surface area contributed by atoms with Gasteiger partial charge in [0.25, 0.3) is 0 Å². The van der Waals surface area contributed by atoms with Gasteiger partial charge in [-0.05, 0) is 72.6 Å². The van der Waals surface area contributed by atoms with Crippen LogP contribution in [0.1, 0.15) is 103 Å². The van der Waals surface area contributed by atoms with E-state index in [1.807, 2.05) is 18.2 Å². The maximum atomic E-state index is 15.1. The van der Waals surface area contributed by atoms with Crippen molar-refractivity contribution in [2.75, 3.05) is 0 Å². The second-order valence-electron chi connectivity index (χ2n) is 11.0. The van der Waals surface area contributed by atoms with Crippen LogP contribution in [0.15, 0.2) is 72.8 Å². The van der Waals surface area contributed by atoms with E-state index in [-0.39, 0.29) is 6.42 Å². The van der Waals surface area contributed by atoms with Gasteiger partial charge in [0, 0.05) is 0 Å². The molecule has 0 fully saturated rings. The molecule has 0 aliphatic rings. The molecule has 210 valence electrons. The normalized spacial score (nSPS) is 12.7. The molecule has 0 spiro atoms. The van der Waals surface area contributed by atoms with E-state index in [9.17, 15) is 4.79 Å². The lowest BCUT2D eigenvalue weighted by molar-refractivity contribution is -0.147. The topological polar surface area (TPSA) is 26.3 Å². The van der Waals surface area contributed by atoms with Gasteiger partial charge in [0.2, 0.25) is 5.67 Å². The first-order valence-corrected chi connectivity index (χ1v) is 15.1. The van der Waals surface area contributed by atoms with Crippen LogP contribution in [0.2, 0.25) is 0 Å². The van der Waals surface area contributed by atoms with Crippen molar-refractivity contribution in [1.29, 1.82) is 0 Å². The maximum absolute atomic E-state index is 15.1. The summed E-state index contributed by atoms with van der Waals surface area (Å²) >= 11 is 0. The van der Waals surface area contributed by atoms with Crippen molar-refractivity contribution in [3.8, 4) is 28.0 Å². The molecule has 2 nitrogen and oxygen atoms in total. The van der Waals surface area contributed by atoms with E-state index < -0.39 is 11.6 Å². The molecule has 1 atom stereocenters. The Labute approximate surface area is 236 Å². The molecule has 0 saturated carbocycles. The predicted molar refractivity (Wildman–Crippen MR) is 163 cm³/mol. The molecule has 0 aliphatic carbocycles. The Morgan fingerprint density at radius 3 is 1.72 bits per heavy atom. The molecule has 0 heterocycles. The van der Waals surface area contributed by atoms with Crippen molar-refractivity contribution in [1.82, 2.24) is 0 Å². The van der Waals surface area contributed by atoms with Crippen LogP contribution >= 0.6 is 0 Å². The van der Waals surface area contributed by atoms with Crippen molar-refractivity contribution in [3.63, 3.8) is 0 Å². The number of esters is 1. The highest BCUT2D eigenvalue weighted by Crippen LogP contribution is 2.33. The van der Waals surface area contributed by atoms with E-state index in [1.165, 1.54) is 69.4 Å². The van der Waals surface area contributed by atoms with Crippen LogP contribution in [0.5, 0.6) is 5.75 Å². The Kier molecular flexibility index (Phi) is 12.7. The second kappa shape index (κ2) is 16.2. The minimum atomic E-state index is -1.98. The Morgan fingerprint density at radius 1 is 0.667 bits per heavy atom. The molecule has 1 unspecified atom stereocenters. The summed E-state index contributed by atoms with van der Waals surface area (Å²) in [7, 11) is 0. The molecule has 0 bridgehead atoms. The van der Waals surface area contributed by atoms with Gasteiger partial charge >= 0.3 is 5.97 Å². The molecule has 39 heavy (non-hydrogen) atoms. The largest absolute Gasteiger partial charge is 0.424 e. The predicted octanol–water partition coefficient (Wildman–Crippen LogP) is 10.9. The average Bonchev–Trinajstić information content (AvgIpc) is 2.95. The zero-order valence-corrected chi connectivity index (χ0v) is 24.3. The fraction of sp³-hybridized carbons (Fsp3) is 0.472. The Hall–Kier alpha value is -2.94. The number of alkyl halides is 1. The number of aryl methyl sites for hydroxylation is 1. The van der Waals surface area contributed by atoms with Gasteiger partial charge in [-0.15, -0.1) is 0 Å². The van der Waals surface area contributed by atoms with E-state index in [0.717, 1.165) is 36.0 Å². The summed E-state index contributed by atoms with van der Waals surface area (Å²) < 4.78 is 20.5. The average molecular weight is 531 g/mol. The third-order valence-corrected chi connectivity index (χ3v) is 7.56. The molecule has 3 heteroatoms. The number of unbranched alkanes of at least 4 members (excludes halogenated alkanes) is 9. The fourth-order valence-corrected chi connectivity index (χ4v) is 5.03. The highest BCUT2D eigenvalue weighted by molar-refractivity contribution is 5.84. The van der Waals surface area contributed by atoms with Crippen LogP contribution in [0.4, 0.5) is 4.39 Å². The van der Waals surface area contributed by atoms with Crippen LogP contribution in [-0.2, 0) is 11.2 Å². The van der Waals surface area contributed by atoms with Gasteiger partial charge in [-0.2, -0.15) is 0 Å². The Balaban J connectivity index is 1.56. The van der Waals surface area contributed by atoms with Crippen LogP contribution in [0.25, 0.3) is 22.3 Å². The van der Waals surface area contributed by atoms with Gasteiger partial charge in [0.05, 0.1) is 0 Å². The molecule has 0 amide bonds. The van der Waals surface area contributed by atoms with Crippen LogP contribution in [0, 0.1) is 0 Å².